The SMILES string of the molecule is CC1=C(CO[C@@H]2O[C@H](CO)[C@@H](O)[C@H](O)[C@H]2O)C(=O)OC([C@@H](C)[C@H]2CC[C@H]3[C@@H]4C(O)C=C5CC=CC(=O)[C@]5(C)[C@H]4CC[C@]23C)C1. The first-order chi connectivity index (χ1) is 20.8. The molecule has 0 spiro atoms. The second kappa shape index (κ2) is 11.7. The lowest BCUT2D eigenvalue weighted by Gasteiger charge is -2.58. The molecule has 6 aliphatic rings. The van der Waals surface area contributed by atoms with Gasteiger partial charge in [0.05, 0.1) is 30.3 Å². The Labute approximate surface area is 258 Å². The third kappa shape index (κ3) is 4.87. The van der Waals surface area contributed by atoms with E-state index in [2.05, 4.69) is 20.8 Å². The number of ether oxygens (including phenoxy) is 3. The molecule has 0 aromatic rings. The van der Waals surface area contributed by atoms with E-state index in [4.69, 9.17) is 14.2 Å². The number of aliphatic hydroxyl groups is 5. The highest BCUT2D eigenvalue weighted by Gasteiger charge is 2.63. The maximum absolute atomic E-state index is 13.2. The Morgan fingerprint density at radius 3 is 2.50 bits per heavy atom. The number of esters is 1. The molecule has 0 bridgehead atoms. The zero-order chi connectivity index (χ0) is 31.7. The van der Waals surface area contributed by atoms with Crippen molar-refractivity contribution in [3.63, 3.8) is 0 Å². The van der Waals surface area contributed by atoms with Gasteiger partial charge in [-0.3, -0.25) is 4.79 Å². The minimum absolute atomic E-state index is 0.0249. The molecule has 0 amide bonds. The Bertz CT molecular complexity index is 1250. The van der Waals surface area contributed by atoms with Crippen LogP contribution in [0.4, 0.5) is 0 Å². The number of hydrogen-bond acceptors (Lipinski definition) is 10. The molecular formula is C34H48O10. The van der Waals surface area contributed by atoms with Crippen LogP contribution in [0.15, 0.2) is 34.9 Å². The van der Waals surface area contributed by atoms with Crippen LogP contribution in [-0.2, 0) is 23.8 Å². The van der Waals surface area contributed by atoms with Crippen LogP contribution in [-0.4, -0.2) is 93.4 Å². The van der Waals surface area contributed by atoms with Crippen LogP contribution in [0, 0.1) is 40.4 Å². The van der Waals surface area contributed by atoms with Crippen molar-refractivity contribution in [3.8, 4) is 0 Å². The molecule has 10 heteroatoms. The minimum atomic E-state index is -1.56. The van der Waals surface area contributed by atoms with Gasteiger partial charge in [-0.05, 0) is 87.0 Å². The summed E-state index contributed by atoms with van der Waals surface area (Å²) in [4.78, 5) is 26.5. The number of hydrogen-bond donors (Lipinski definition) is 5. The van der Waals surface area contributed by atoms with E-state index in [0.717, 1.165) is 43.3 Å². The van der Waals surface area contributed by atoms with Gasteiger partial charge in [0.1, 0.15) is 30.5 Å². The van der Waals surface area contributed by atoms with E-state index in [9.17, 15) is 35.1 Å². The smallest absolute Gasteiger partial charge is 0.336 e. The van der Waals surface area contributed by atoms with Crippen molar-refractivity contribution >= 4 is 11.8 Å². The second-order valence-corrected chi connectivity index (χ2v) is 14.6. The molecule has 2 saturated carbocycles. The lowest BCUT2D eigenvalue weighted by Crippen LogP contribution is -2.59. The molecule has 0 radical (unpaired) electrons. The third-order valence-corrected chi connectivity index (χ3v) is 12.7. The van der Waals surface area contributed by atoms with Gasteiger partial charge in [-0.1, -0.05) is 37.1 Å². The fourth-order valence-corrected chi connectivity index (χ4v) is 10.0. The van der Waals surface area contributed by atoms with Gasteiger partial charge in [0.15, 0.2) is 12.1 Å². The maximum atomic E-state index is 13.2. The number of carbonyl (C=O) groups is 2. The van der Waals surface area contributed by atoms with Crippen LogP contribution < -0.4 is 0 Å². The number of ketones is 1. The largest absolute Gasteiger partial charge is 0.458 e. The lowest BCUT2D eigenvalue weighted by atomic mass is 9.46. The fourth-order valence-electron chi connectivity index (χ4n) is 10.0. The number of fused-ring (bicyclic) bond motifs is 5. The van der Waals surface area contributed by atoms with E-state index in [1.807, 2.05) is 19.1 Å². The van der Waals surface area contributed by atoms with Crippen LogP contribution >= 0.6 is 0 Å². The summed E-state index contributed by atoms with van der Waals surface area (Å²) >= 11 is 0. The van der Waals surface area contributed by atoms with E-state index in [1.165, 1.54) is 0 Å². The summed E-state index contributed by atoms with van der Waals surface area (Å²) in [6.45, 7) is 7.68. The van der Waals surface area contributed by atoms with Gasteiger partial charge < -0.3 is 39.7 Å². The molecule has 3 fully saturated rings. The quantitative estimate of drug-likeness (QED) is 0.220. The summed E-state index contributed by atoms with van der Waals surface area (Å²) in [5.74, 6) is 0.452. The topological polar surface area (TPSA) is 163 Å². The Kier molecular flexibility index (Phi) is 8.52. The van der Waals surface area contributed by atoms with Gasteiger partial charge in [-0.2, -0.15) is 0 Å². The molecular weight excluding hydrogens is 568 g/mol. The summed E-state index contributed by atoms with van der Waals surface area (Å²) in [5.41, 5.74) is 1.62. The van der Waals surface area contributed by atoms with E-state index in [-0.39, 0.29) is 47.6 Å². The van der Waals surface area contributed by atoms with Gasteiger partial charge in [0.25, 0.3) is 0 Å². The maximum Gasteiger partial charge on any atom is 0.336 e. The predicted octanol–water partition coefficient (Wildman–Crippen LogP) is 1.97. The van der Waals surface area contributed by atoms with Gasteiger partial charge in [0.2, 0.25) is 0 Å². The first-order valence-corrected chi connectivity index (χ1v) is 16.2. The fraction of sp³-hybridized carbons (Fsp3) is 0.765. The number of rotatable bonds is 6. The third-order valence-electron chi connectivity index (χ3n) is 12.7. The van der Waals surface area contributed by atoms with Gasteiger partial charge in [-0.25, -0.2) is 4.79 Å². The predicted molar refractivity (Wildman–Crippen MR) is 158 cm³/mol. The molecule has 244 valence electrons. The second-order valence-electron chi connectivity index (χ2n) is 14.6. The summed E-state index contributed by atoms with van der Waals surface area (Å²) in [5, 5.41) is 51.2. The van der Waals surface area contributed by atoms with Crippen molar-refractivity contribution in [1.29, 1.82) is 0 Å². The van der Waals surface area contributed by atoms with Crippen molar-refractivity contribution in [3.05, 3.63) is 34.9 Å². The van der Waals surface area contributed by atoms with Crippen molar-refractivity contribution in [2.75, 3.05) is 13.2 Å². The molecule has 0 aromatic heterocycles. The Morgan fingerprint density at radius 2 is 1.80 bits per heavy atom. The normalized spacial score (nSPS) is 47.8. The molecule has 0 aromatic carbocycles. The number of allylic oxidation sites excluding steroid dienone is 3. The van der Waals surface area contributed by atoms with E-state index >= 15 is 0 Å². The molecule has 1 saturated heterocycles. The van der Waals surface area contributed by atoms with Crippen molar-refractivity contribution in [1.82, 2.24) is 0 Å². The first-order valence-electron chi connectivity index (χ1n) is 16.2. The molecule has 2 aliphatic heterocycles. The summed E-state index contributed by atoms with van der Waals surface area (Å²) in [7, 11) is 0. The average molecular weight is 617 g/mol. The first kappa shape index (κ1) is 32.0. The van der Waals surface area contributed by atoms with Gasteiger partial charge in [0, 0.05) is 6.42 Å². The van der Waals surface area contributed by atoms with Crippen LogP contribution in [0.25, 0.3) is 0 Å². The summed E-state index contributed by atoms with van der Waals surface area (Å²) in [6, 6.07) is 0. The molecule has 10 nitrogen and oxygen atoms in total. The van der Waals surface area contributed by atoms with Crippen LogP contribution in [0.5, 0.6) is 0 Å². The number of cyclic esters (lactones) is 1. The van der Waals surface area contributed by atoms with Crippen molar-refractivity contribution in [2.24, 2.45) is 40.4 Å². The van der Waals surface area contributed by atoms with Crippen LogP contribution in [0.1, 0.15) is 66.2 Å². The zero-order valence-corrected chi connectivity index (χ0v) is 26.1. The highest BCUT2D eigenvalue weighted by molar-refractivity contribution is 5.98. The highest BCUT2D eigenvalue weighted by Crippen LogP contribution is 2.66. The zero-order valence-electron chi connectivity index (χ0n) is 26.1. The number of aliphatic hydroxyl groups excluding tert-OH is 5. The number of carbonyl (C=O) groups excluding carboxylic acids is 2. The summed E-state index contributed by atoms with van der Waals surface area (Å²) in [6.07, 6.45) is 2.76. The average Bonchev–Trinajstić information content (AvgIpc) is 3.34. The Balaban J connectivity index is 1.14. The molecule has 2 unspecified atom stereocenters. The van der Waals surface area contributed by atoms with Gasteiger partial charge in [-0.15, -0.1) is 0 Å². The highest BCUT2D eigenvalue weighted by atomic mass is 16.7. The molecule has 5 N–H and O–H groups in total. The van der Waals surface area contributed by atoms with E-state index in [0.29, 0.717) is 17.9 Å². The van der Waals surface area contributed by atoms with Crippen LogP contribution in [0.3, 0.4) is 0 Å². The van der Waals surface area contributed by atoms with Gasteiger partial charge >= 0.3 is 5.97 Å². The van der Waals surface area contributed by atoms with Crippen molar-refractivity contribution < 1.29 is 49.3 Å². The summed E-state index contributed by atoms with van der Waals surface area (Å²) < 4.78 is 17.1. The standard InChI is InChI=1S/C34H48O10/c1-16-12-24(43-31(41)19(16)15-42-32-30(40)29(39)28(38)25(14-35)44-32)17(2)20-8-9-21-27-22(10-11-33(20,21)3)34(4)18(13-23(27)36)6-5-7-26(34)37/h5,7,13,17,20-25,27-30,32,35-36,38-40H,6,8-12,14-15H2,1-4H3/t17-,20+,21-,22-,23?,24?,25+,27-,28+,29-,30+,32+,33+,34-/m0/s1. The molecule has 44 heavy (non-hydrogen) atoms. The molecule has 14 atom stereocenters. The minimum Gasteiger partial charge on any atom is -0.458 e. The lowest BCUT2D eigenvalue weighted by molar-refractivity contribution is -0.299. The molecule has 2 heterocycles. The molecule has 4 aliphatic carbocycles. The monoisotopic (exact) mass is 616 g/mol. The van der Waals surface area contributed by atoms with E-state index < -0.39 is 54.8 Å². The Hall–Kier alpha value is -1.92. The van der Waals surface area contributed by atoms with E-state index in [1.54, 1.807) is 6.08 Å². The molecule has 6 rings (SSSR count). The Morgan fingerprint density at radius 1 is 1.05 bits per heavy atom. The van der Waals surface area contributed by atoms with Crippen LogP contribution in [0.2, 0.25) is 0 Å². The van der Waals surface area contributed by atoms with Crippen molar-refractivity contribution in [2.45, 2.75) is 109 Å².